The lowest BCUT2D eigenvalue weighted by atomic mass is 10.1. The molecule has 1 N–H and O–H groups in total. The first-order valence-corrected chi connectivity index (χ1v) is 6.05. The van der Waals surface area contributed by atoms with Gasteiger partial charge in [-0.05, 0) is 25.5 Å². The molecule has 0 atom stereocenters. The molecule has 1 aromatic carbocycles. The van der Waals surface area contributed by atoms with Crippen molar-refractivity contribution < 1.29 is 5.11 Å². The predicted octanol–water partition coefficient (Wildman–Crippen LogP) is 3.78. The van der Waals surface area contributed by atoms with Gasteiger partial charge >= 0.3 is 0 Å². The minimum atomic E-state index is 0.317. The first kappa shape index (κ1) is 12.8. The lowest BCUT2D eigenvalue weighted by Gasteiger charge is -2.03. The van der Waals surface area contributed by atoms with E-state index in [-0.39, 0.29) is 0 Å². The highest BCUT2D eigenvalue weighted by Gasteiger charge is 2.01. The van der Waals surface area contributed by atoms with Crippen LogP contribution in [-0.4, -0.2) is 17.4 Å². The average molecular weight is 219 g/mol. The van der Waals surface area contributed by atoms with Gasteiger partial charge in [0, 0.05) is 17.8 Å². The van der Waals surface area contributed by atoms with Crippen LogP contribution in [0.5, 0.6) is 5.75 Å². The molecule has 0 heterocycles. The third kappa shape index (κ3) is 4.05. The Morgan fingerprint density at radius 2 is 1.94 bits per heavy atom. The van der Waals surface area contributed by atoms with Gasteiger partial charge in [0.05, 0.1) is 0 Å². The smallest absolute Gasteiger partial charge is 0.124 e. The van der Waals surface area contributed by atoms with Crippen molar-refractivity contribution in [3.8, 4) is 5.75 Å². The van der Waals surface area contributed by atoms with Gasteiger partial charge in [0.25, 0.3) is 0 Å². The molecule has 0 fully saturated rings. The van der Waals surface area contributed by atoms with Crippen molar-refractivity contribution in [2.75, 3.05) is 6.54 Å². The molecule has 16 heavy (non-hydrogen) atoms. The molecule has 0 aromatic heterocycles. The lowest BCUT2D eigenvalue weighted by Crippen LogP contribution is -1.97. The summed E-state index contributed by atoms with van der Waals surface area (Å²) in [5.41, 5.74) is 1.77. The topological polar surface area (TPSA) is 32.6 Å². The number of hydrogen-bond acceptors (Lipinski definition) is 2. The molecular weight excluding hydrogens is 198 g/mol. The number of benzene rings is 1. The zero-order chi connectivity index (χ0) is 11.8. The lowest BCUT2D eigenvalue weighted by molar-refractivity contribution is 0.474. The van der Waals surface area contributed by atoms with Crippen molar-refractivity contribution in [2.45, 2.75) is 39.5 Å². The van der Waals surface area contributed by atoms with E-state index in [4.69, 9.17) is 0 Å². The Kier molecular flexibility index (Phi) is 5.62. The summed E-state index contributed by atoms with van der Waals surface area (Å²) >= 11 is 0. The van der Waals surface area contributed by atoms with Crippen LogP contribution in [0.4, 0.5) is 0 Å². The van der Waals surface area contributed by atoms with E-state index < -0.39 is 0 Å². The molecule has 0 saturated heterocycles. The Bertz CT molecular complexity index is 344. The molecule has 0 unspecified atom stereocenters. The van der Waals surface area contributed by atoms with Gasteiger partial charge in [0.15, 0.2) is 0 Å². The average Bonchev–Trinajstić information content (AvgIpc) is 2.29. The number of aliphatic imine (C=N–C) groups is 1. The van der Waals surface area contributed by atoms with Crippen molar-refractivity contribution in [1.82, 2.24) is 0 Å². The minimum absolute atomic E-state index is 0.317. The van der Waals surface area contributed by atoms with Crippen molar-refractivity contribution in [3.63, 3.8) is 0 Å². The van der Waals surface area contributed by atoms with E-state index in [1.54, 1.807) is 6.07 Å². The van der Waals surface area contributed by atoms with Crippen LogP contribution in [0.25, 0.3) is 0 Å². The van der Waals surface area contributed by atoms with Crippen LogP contribution in [0, 0.1) is 0 Å². The second-order valence-electron chi connectivity index (χ2n) is 4.04. The fourth-order valence-corrected chi connectivity index (χ4v) is 1.65. The van der Waals surface area contributed by atoms with Crippen molar-refractivity contribution in [3.05, 3.63) is 29.8 Å². The number of aromatic hydroxyl groups is 1. The van der Waals surface area contributed by atoms with Crippen LogP contribution in [-0.2, 0) is 0 Å². The van der Waals surface area contributed by atoms with Crippen LogP contribution in [0.2, 0.25) is 0 Å². The Hall–Kier alpha value is -1.31. The molecule has 0 bridgehead atoms. The first-order valence-electron chi connectivity index (χ1n) is 6.05. The summed E-state index contributed by atoms with van der Waals surface area (Å²) < 4.78 is 0. The van der Waals surface area contributed by atoms with Crippen molar-refractivity contribution >= 4 is 5.71 Å². The maximum Gasteiger partial charge on any atom is 0.124 e. The van der Waals surface area contributed by atoms with E-state index in [1.165, 1.54) is 19.3 Å². The highest BCUT2D eigenvalue weighted by molar-refractivity contribution is 6.00. The number of rotatable bonds is 6. The van der Waals surface area contributed by atoms with Gasteiger partial charge in [-0.2, -0.15) is 0 Å². The number of unbranched alkanes of at least 4 members (excludes halogenated alkanes) is 3. The number of phenolic OH excluding ortho intramolecular Hbond substituents is 1. The van der Waals surface area contributed by atoms with Crippen molar-refractivity contribution in [2.24, 2.45) is 4.99 Å². The molecule has 2 nitrogen and oxygen atoms in total. The van der Waals surface area contributed by atoms with Gasteiger partial charge in [0.2, 0.25) is 0 Å². The predicted molar refractivity (Wildman–Crippen MR) is 69.3 cm³/mol. The number of hydrogen-bond donors (Lipinski definition) is 1. The largest absolute Gasteiger partial charge is 0.507 e. The molecule has 88 valence electrons. The summed E-state index contributed by atoms with van der Waals surface area (Å²) in [6.45, 7) is 5.02. The van der Waals surface area contributed by atoms with E-state index >= 15 is 0 Å². The summed E-state index contributed by atoms with van der Waals surface area (Å²) in [6.07, 6.45) is 4.92. The molecule has 0 aliphatic carbocycles. The van der Waals surface area contributed by atoms with E-state index in [2.05, 4.69) is 11.9 Å². The minimum Gasteiger partial charge on any atom is -0.507 e. The molecule has 0 radical (unpaired) electrons. The quantitative estimate of drug-likeness (QED) is 0.573. The molecule has 0 aliphatic rings. The van der Waals surface area contributed by atoms with E-state index in [9.17, 15) is 5.11 Å². The molecule has 0 amide bonds. The Labute approximate surface area is 98.0 Å². The van der Waals surface area contributed by atoms with Gasteiger partial charge in [-0.15, -0.1) is 0 Å². The van der Waals surface area contributed by atoms with Gasteiger partial charge in [-0.3, -0.25) is 4.99 Å². The second kappa shape index (κ2) is 7.04. The van der Waals surface area contributed by atoms with E-state index in [0.29, 0.717) is 5.75 Å². The standard InChI is InChI=1S/C14H21NO/c1-3-4-5-8-11-15-12(2)13-9-6-7-10-14(13)16/h6-7,9-10,16H,3-5,8,11H2,1-2H3. The van der Waals surface area contributed by atoms with Gasteiger partial charge in [-0.1, -0.05) is 38.3 Å². The monoisotopic (exact) mass is 219 g/mol. The first-order chi connectivity index (χ1) is 7.75. The maximum atomic E-state index is 9.64. The van der Waals surface area contributed by atoms with Gasteiger partial charge < -0.3 is 5.11 Å². The molecule has 1 aromatic rings. The third-order valence-corrected chi connectivity index (χ3v) is 2.65. The van der Waals surface area contributed by atoms with Crippen LogP contribution < -0.4 is 0 Å². The molecule has 0 saturated carbocycles. The third-order valence-electron chi connectivity index (χ3n) is 2.65. The Balaban J connectivity index is 2.47. The van der Waals surface area contributed by atoms with Crippen LogP contribution >= 0.6 is 0 Å². The number of nitrogens with zero attached hydrogens (tertiary/aromatic N) is 1. The Morgan fingerprint density at radius 1 is 1.19 bits per heavy atom. The molecule has 0 aliphatic heterocycles. The molecule has 1 rings (SSSR count). The van der Waals surface area contributed by atoms with Gasteiger partial charge in [-0.25, -0.2) is 0 Å². The zero-order valence-corrected chi connectivity index (χ0v) is 10.2. The van der Waals surface area contributed by atoms with E-state index in [1.807, 2.05) is 25.1 Å². The van der Waals surface area contributed by atoms with Crippen LogP contribution in [0.3, 0.4) is 0 Å². The van der Waals surface area contributed by atoms with Crippen molar-refractivity contribution in [1.29, 1.82) is 0 Å². The molecular formula is C14H21NO. The summed E-state index contributed by atoms with van der Waals surface area (Å²) in [6, 6.07) is 7.35. The molecule has 2 heteroatoms. The highest BCUT2D eigenvalue weighted by Crippen LogP contribution is 2.16. The zero-order valence-electron chi connectivity index (χ0n) is 10.2. The fraction of sp³-hybridized carbons (Fsp3) is 0.500. The maximum absolute atomic E-state index is 9.64. The SMILES string of the molecule is CCCCCCN=C(C)c1ccccc1O. The number of phenols is 1. The fourth-order valence-electron chi connectivity index (χ4n) is 1.65. The normalized spacial score (nSPS) is 11.8. The van der Waals surface area contributed by atoms with Gasteiger partial charge in [0.1, 0.15) is 5.75 Å². The van der Waals surface area contributed by atoms with Crippen LogP contribution in [0.1, 0.15) is 45.1 Å². The second-order valence-corrected chi connectivity index (χ2v) is 4.04. The van der Waals surface area contributed by atoms with Crippen LogP contribution in [0.15, 0.2) is 29.3 Å². The number of para-hydroxylation sites is 1. The van der Waals surface area contributed by atoms with E-state index in [0.717, 1.165) is 24.2 Å². The summed E-state index contributed by atoms with van der Waals surface area (Å²) in [4.78, 5) is 4.48. The Morgan fingerprint density at radius 3 is 2.62 bits per heavy atom. The summed E-state index contributed by atoms with van der Waals surface area (Å²) in [7, 11) is 0. The summed E-state index contributed by atoms with van der Waals surface area (Å²) in [5.74, 6) is 0.317. The summed E-state index contributed by atoms with van der Waals surface area (Å²) in [5, 5.41) is 9.64. The molecule has 0 spiro atoms. The highest BCUT2D eigenvalue weighted by atomic mass is 16.3.